The third-order valence-corrected chi connectivity index (χ3v) is 4.42. The summed E-state index contributed by atoms with van der Waals surface area (Å²) in [5, 5.41) is 0. The molecule has 0 spiro atoms. The van der Waals surface area contributed by atoms with Gasteiger partial charge in [0.2, 0.25) is 0 Å². The van der Waals surface area contributed by atoms with Crippen molar-refractivity contribution < 1.29 is 9.47 Å². The summed E-state index contributed by atoms with van der Waals surface area (Å²) in [6.45, 7) is 4.49. The second-order valence-electron chi connectivity index (χ2n) is 5.90. The Labute approximate surface area is 130 Å². The molecule has 1 rings (SSSR count). The lowest BCUT2D eigenvalue weighted by Crippen LogP contribution is -2.37. The Bertz CT molecular complexity index is 357. The predicted molar refractivity (Wildman–Crippen MR) is 89.3 cm³/mol. The van der Waals surface area contributed by atoms with Crippen LogP contribution in [0.5, 0.6) is 0 Å². The standard InChI is InChI=1S/C19H32O2/c1-5-6-7-8-9-11-14-17(2)19(20-3,21-4)18-15-12-10-13-16-18/h10,12-13,15-17H,5-9,11,14H2,1-4H3. The van der Waals surface area contributed by atoms with Gasteiger partial charge in [0.25, 0.3) is 0 Å². The highest BCUT2D eigenvalue weighted by molar-refractivity contribution is 5.21. The molecule has 0 saturated heterocycles. The van der Waals surface area contributed by atoms with Crippen LogP contribution in [-0.2, 0) is 15.3 Å². The molecule has 0 aliphatic heterocycles. The normalized spacial score (nSPS) is 13.3. The minimum Gasteiger partial charge on any atom is -0.349 e. The van der Waals surface area contributed by atoms with Gasteiger partial charge in [-0.25, -0.2) is 0 Å². The minimum absolute atomic E-state index is 0.334. The van der Waals surface area contributed by atoms with Crippen LogP contribution in [-0.4, -0.2) is 14.2 Å². The van der Waals surface area contributed by atoms with Crippen molar-refractivity contribution in [2.45, 2.75) is 64.6 Å². The number of ether oxygens (including phenoxy) is 2. The molecule has 0 heterocycles. The minimum atomic E-state index is -0.620. The second kappa shape index (κ2) is 9.97. The van der Waals surface area contributed by atoms with Gasteiger partial charge in [-0.1, -0.05) is 82.7 Å². The molecule has 0 aliphatic carbocycles. The molecule has 2 heteroatoms. The molecule has 120 valence electrons. The van der Waals surface area contributed by atoms with Gasteiger partial charge in [0.1, 0.15) is 0 Å². The van der Waals surface area contributed by atoms with Gasteiger partial charge >= 0.3 is 0 Å². The summed E-state index contributed by atoms with van der Waals surface area (Å²) in [4.78, 5) is 0. The third-order valence-electron chi connectivity index (χ3n) is 4.42. The molecule has 1 aromatic carbocycles. The van der Waals surface area contributed by atoms with Crippen LogP contribution in [0.15, 0.2) is 30.3 Å². The molecule has 1 atom stereocenters. The van der Waals surface area contributed by atoms with Gasteiger partial charge in [-0.2, -0.15) is 0 Å². The second-order valence-corrected chi connectivity index (χ2v) is 5.90. The van der Waals surface area contributed by atoms with Crippen molar-refractivity contribution in [1.82, 2.24) is 0 Å². The van der Waals surface area contributed by atoms with Gasteiger partial charge in [0, 0.05) is 25.7 Å². The maximum atomic E-state index is 5.81. The van der Waals surface area contributed by atoms with Crippen molar-refractivity contribution in [2.75, 3.05) is 14.2 Å². The van der Waals surface area contributed by atoms with Gasteiger partial charge in [-0.3, -0.25) is 0 Å². The summed E-state index contributed by atoms with van der Waals surface area (Å²) in [7, 11) is 3.49. The molecule has 0 aromatic heterocycles. The largest absolute Gasteiger partial charge is 0.349 e. The third kappa shape index (κ3) is 5.12. The van der Waals surface area contributed by atoms with E-state index in [-0.39, 0.29) is 0 Å². The zero-order valence-corrected chi connectivity index (χ0v) is 14.2. The van der Waals surface area contributed by atoms with Crippen molar-refractivity contribution in [1.29, 1.82) is 0 Å². The SMILES string of the molecule is CCCCCCCCC(C)C(OC)(OC)c1ccccc1. The van der Waals surface area contributed by atoms with Crippen molar-refractivity contribution in [3.05, 3.63) is 35.9 Å². The maximum absolute atomic E-state index is 5.81. The van der Waals surface area contributed by atoms with Gasteiger partial charge in [-0.15, -0.1) is 0 Å². The first kappa shape index (κ1) is 18.2. The number of benzene rings is 1. The predicted octanol–water partition coefficient (Wildman–Crippen LogP) is 5.52. The first-order chi connectivity index (χ1) is 10.2. The molecule has 21 heavy (non-hydrogen) atoms. The number of unbranched alkanes of at least 4 members (excludes halogenated alkanes) is 5. The number of methoxy groups -OCH3 is 2. The highest BCUT2D eigenvalue weighted by atomic mass is 16.7. The van der Waals surface area contributed by atoms with Crippen LogP contribution >= 0.6 is 0 Å². The summed E-state index contributed by atoms with van der Waals surface area (Å²) < 4.78 is 11.6. The van der Waals surface area contributed by atoms with Crippen LogP contribution in [0.3, 0.4) is 0 Å². The number of hydrogen-bond donors (Lipinski definition) is 0. The van der Waals surface area contributed by atoms with Gasteiger partial charge < -0.3 is 9.47 Å². The number of hydrogen-bond acceptors (Lipinski definition) is 2. The summed E-state index contributed by atoms with van der Waals surface area (Å²) in [6, 6.07) is 10.3. The molecular weight excluding hydrogens is 260 g/mol. The maximum Gasteiger partial charge on any atom is 0.196 e. The van der Waals surface area contributed by atoms with E-state index in [0.29, 0.717) is 5.92 Å². The van der Waals surface area contributed by atoms with Crippen molar-refractivity contribution in [2.24, 2.45) is 5.92 Å². The van der Waals surface area contributed by atoms with Gasteiger partial charge in [-0.05, 0) is 6.42 Å². The van der Waals surface area contributed by atoms with Crippen molar-refractivity contribution in [3.8, 4) is 0 Å². The van der Waals surface area contributed by atoms with Crippen LogP contribution in [0.4, 0.5) is 0 Å². The lowest BCUT2D eigenvalue weighted by atomic mass is 9.88. The molecule has 1 unspecified atom stereocenters. The van der Waals surface area contributed by atoms with E-state index in [4.69, 9.17) is 9.47 Å². The molecule has 1 aromatic rings. The highest BCUT2D eigenvalue weighted by Crippen LogP contribution is 2.36. The summed E-state index contributed by atoms with van der Waals surface area (Å²) in [5.41, 5.74) is 1.11. The summed E-state index contributed by atoms with van der Waals surface area (Å²) in [6.07, 6.45) is 9.06. The fourth-order valence-electron chi connectivity index (χ4n) is 3.10. The Morgan fingerprint density at radius 1 is 0.905 bits per heavy atom. The Kier molecular flexibility index (Phi) is 8.63. The molecule has 0 bridgehead atoms. The number of rotatable bonds is 11. The van der Waals surface area contributed by atoms with Crippen LogP contribution < -0.4 is 0 Å². The van der Waals surface area contributed by atoms with Crippen molar-refractivity contribution >= 4 is 0 Å². The zero-order valence-electron chi connectivity index (χ0n) is 14.2. The average Bonchev–Trinajstić information content (AvgIpc) is 2.53. The van der Waals surface area contributed by atoms with Crippen LogP contribution in [0, 0.1) is 5.92 Å². The quantitative estimate of drug-likeness (QED) is 0.395. The van der Waals surface area contributed by atoms with E-state index in [0.717, 1.165) is 12.0 Å². The molecule has 0 aliphatic rings. The van der Waals surface area contributed by atoms with E-state index >= 15 is 0 Å². The van der Waals surface area contributed by atoms with E-state index < -0.39 is 5.79 Å². The Balaban J connectivity index is 2.56. The Hall–Kier alpha value is -0.860. The zero-order chi connectivity index (χ0) is 15.6. The average molecular weight is 292 g/mol. The molecule has 0 amide bonds. The monoisotopic (exact) mass is 292 g/mol. The Morgan fingerprint density at radius 2 is 1.48 bits per heavy atom. The van der Waals surface area contributed by atoms with E-state index in [2.05, 4.69) is 26.0 Å². The lowest BCUT2D eigenvalue weighted by Gasteiger charge is -2.37. The first-order valence-electron chi connectivity index (χ1n) is 8.37. The van der Waals surface area contributed by atoms with Crippen LogP contribution in [0.2, 0.25) is 0 Å². The van der Waals surface area contributed by atoms with Crippen LogP contribution in [0.1, 0.15) is 64.4 Å². The van der Waals surface area contributed by atoms with E-state index in [1.165, 1.54) is 38.5 Å². The van der Waals surface area contributed by atoms with E-state index in [1.54, 1.807) is 14.2 Å². The topological polar surface area (TPSA) is 18.5 Å². The molecule has 0 saturated carbocycles. The van der Waals surface area contributed by atoms with Gasteiger partial charge in [0.15, 0.2) is 5.79 Å². The summed E-state index contributed by atoms with van der Waals surface area (Å²) in [5.74, 6) is -0.286. The van der Waals surface area contributed by atoms with E-state index in [1.807, 2.05) is 18.2 Å². The Morgan fingerprint density at radius 3 is 2.05 bits per heavy atom. The summed E-state index contributed by atoms with van der Waals surface area (Å²) >= 11 is 0. The molecule has 0 N–H and O–H groups in total. The van der Waals surface area contributed by atoms with Gasteiger partial charge in [0.05, 0.1) is 0 Å². The first-order valence-corrected chi connectivity index (χ1v) is 8.37. The smallest absolute Gasteiger partial charge is 0.196 e. The fourth-order valence-corrected chi connectivity index (χ4v) is 3.10. The molecule has 2 nitrogen and oxygen atoms in total. The van der Waals surface area contributed by atoms with E-state index in [9.17, 15) is 0 Å². The van der Waals surface area contributed by atoms with Crippen LogP contribution in [0.25, 0.3) is 0 Å². The lowest BCUT2D eigenvalue weighted by molar-refractivity contribution is -0.248. The van der Waals surface area contributed by atoms with Crippen molar-refractivity contribution in [3.63, 3.8) is 0 Å². The molecule has 0 radical (unpaired) electrons. The highest BCUT2D eigenvalue weighted by Gasteiger charge is 2.37. The molecule has 0 fully saturated rings. The fraction of sp³-hybridized carbons (Fsp3) is 0.684. The molecular formula is C19H32O2.